The van der Waals surface area contributed by atoms with Crippen LogP contribution in [-0.4, -0.2) is 40.3 Å². The Morgan fingerprint density at radius 1 is 1.05 bits per heavy atom. The smallest absolute Gasteiger partial charge is 0.137 e. The van der Waals surface area contributed by atoms with Crippen molar-refractivity contribution >= 4 is 22.4 Å². The van der Waals surface area contributed by atoms with Crippen molar-refractivity contribution < 1.29 is 15.0 Å². The van der Waals surface area contributed by atoms with Crippen LogP contribution in [0.5, 0.6) is 5.75 Å². The lowest BCUT2D eigenvalue weighted by molar-refractivity contribution is -0.874. The Labute approximate surface area is 125 Å². The third-order valence-electron chi connectivity index (χ3n) is 3.26. The minimum atomic E-state index is 0.717. The number of fused-ring (bicyclic) bond motifs is 1. The summed E-state index contributed by atoms with van der Waals surface area (Å²) in [5, 5.41) is 5.20. The summed E-state index contributed by atoms with van der Waals surface area (Å²) in [6.45, 7) is 4.00. The molecule has 108 valence electrons. The van der Waals surface area contributed by atoms with Crippen molar-refractivity contribution in [2.45, 2.75) is 0 Å². The van der Waals surface area contributed by atoms with Crippen LogP contribution < -0.4 is 15.0 Å². The van der Waals surface area contributed by atoms with E-state index in [0.717, 1.165) is 34.6 Å². The normalized spacial score (nSPS) is 11.2. The van der Waals surface area contributed by atoms with Gasteiger partial charge in [-0.3, -0.25) is 0 Å². The molecule has 4 heteroatoms. The number of halogens is 1. The maximum absolute atomic E-state index is 6.20. The fourth-order valence-corrected chi connectivity index (χ4v) is 2.38. The number of nitrogens with one attached hydrogen (secondary N) is 1. The van der Waals surface area contributed by atoms with Gasteiger partial charge in [-0.05, 0) is 12.1 Å². The van der Waals surface area contributed by atoms with E-state index in [4.69, 9.17) is 16.3 Å². The summed E-state index contributed by atoms with van der Waals surface area (Å²) in [5.74, 6) is 0.914. The number of hydrogen-bond donors (Lipinski definition) is 2. The lowest BCUT2D eigenvalue weighted by Gasteiger charge is -2.10. The van der Waals surface area contributed by atoms with Gasteiger partial charge in [0.05, 0.1) is 14.1 Å². The van der Waals surface area contributed by atoms with Crippen LogP contribution in [0.15, 0.2) is 36.4 Å². The van der Waals surface area contributed by atoms with Crippen LogP contribution in [0.4, 0.5) is 0 Å². The highest BCUT2D eigenvalue weighted by Gasteiger charge is 2.05. The van der Waals surface area contributed by atoms with Gasteiger partial charge in [0.25, 0.3) is 0 Å². The Kier molecular flexibility index (Phi) is 5.65. The number of likely N-dealkylation sites (N-methyl/N-ethyl adjacent to an activating group) is 1. The second-order valence-corrected chi connectivity index (χ2v) is 5.67. The molecule has 0 amide bonds. The minimum absolute atomic E-state index is 0.717. The van der Waals surface area contributed by atoms with Gasteiger partial charge in [0.1, 0.15) is 32.0 Å². The molecule has 0 unspecified atom stereocenters. The van der Waals surface area contributed by atoms with E-state index in [2.05, 4.69) is 25.5 Å². The van der Waals surface area contributed by atoms with Crippen molar-refractivity contribution in [3.05, 3.63) is 41.4 Å². The standard InChI is InChI=1S/C16H21ClN2O/c1-19(2)11-9-18-10-12-20-16-8-7-15(17)13-5-3-4-6-14(13)16/h3-8,18H,9-12H2,1-2H3/p+2. The first-order chi connectivity index (χ1) is 9.68. The topological polar surface area (TPSA) is 30.3 Å². The summed E-state index contributed by atoms with van der Waals surface area (Å²) < 4.78 is 5.88. The zero-order valence-electron chi connectivity index (χ0n) is 12.2. The second-order valence-electron chi connectivity index (χ2n) is 5.26. The van der Waals surface area contributed by atoms with Crippen LogP contribution in [0, 0.1) is 0 Å². The predicted molar refractivity (Wildman–Crippen MR) is 83.8 cm³/mol. The molecule has 0 spiro atoms. The van der Waals surface area contributed by atoms with Crippen LogP contribution >= 0.6 is 11.6 Å². The fourth-order valence-electron chi connectivity index (χ4n) is 2.15. The maximum atomic E-state index is 6.20. The van der Waals surface area contributed by atoms with Gasteiger partial charge in [-0.15, -0.1) is 0 Å². The van der Waals surface area contributed by atoms with Crippen LogP contribution in [0.1, 0.15) is 0 Å². The fraction of sp³-hybridized carbons (Fsp3) is 0.375. The molecule has 0 bridgehead atoms. The Bertz CT molecular complexity index is 557. The van der Waals surface area contributed by atoms with Gasteiger partial charge >= 0.3 is 0 Å². The molecular formula is C16H23ClN2O+2. The summed E-state index contributed by atoms with van der Waals surface area (Å²) in [4.78, 5) is 1.48. The Balaban J connectivity index is 1.89. The van der Waals surface area contributed by atoms with E-state index in [0.29, 0.717) is 6.61 Å². The summed E-state index contributed by atoms with van der Waals surface area (Å²) in [5.41, 5.74) is 0. The number of ether oxygens (including phenoxy) is 1. The highest BCUT2D eigenvalue weighted by molar-refractivity contribution is 6.35. The molecule has 3 nitrogen and oxygen atoms in total. The third kappa shape index (κ3) is 4.10. The summed E-state index contributed by atoms with van der Waals surface area (Å²) in [6.07, 6.45) is 0. The molecule has 0 heterocycles. The first-order valence-electron chi connectivity index (χ1n) is 7.09. The summed E-state index contributed by atoms with van der Waals surface area (Å²) >= 11 is 6.20. The predicted octanol–water partition coefficient (Wildman–Crippen LogP) is 0.580. The van der Waals surface area contributed by atoms with Crippen molar-refractivity contribution in [1.82, 2.24) is 0 Å². The van der Waals surface area contributed by atoms with Crippen molar-refractivity contribution in [3.63, 3.8) is 0 Å². The van der Waals surface area contributed by atoms with Crippen molar-refractivity contribution in [2.75, 3.05) is 40.3 Å². The zero-order chi connectivity index (χ0) is 14.4. The largest absolute Gasteiger partial charge is 0.487 e. The molecule has 0 saturated heterocycles. The number of benzene rings is 2. The van der Waals surface area contributed by atoms with Crippen LogP contribution in [0.2, 0.25) is 5.02 Å². The lowest BCUT2D eigenvalue weighted by Crippen LogP contribution is -3.09. The average molecular weight is 295 g/mol. The lowest BCUT2D eigenvalue weighted by atomic mass is 10.1. The van der Waals surface area contributed by atoms with E-state index in [1.807, 2.05) is 30.3 Å². The molecule has 3 N–H and O–H groups in total. The molecule has 2 aromatic carbocycles. The molecule has 0 aliphatic rings. The molecule has 2 rings (SSSR count). The van der Waals surface area contributed by atoms with Gasteiger partial charge in [0.15, 0.2) is 0 Å². The van der Waals surface area contributed by atoms with E-state index in [1.54, 1.807) is 0 Å². The zero-order valence-corrected chi connectivity index (χ0v) is 12.9. The quantitative estimate of drug-likeness (QED) is 0.719. The second kappa shape index (κ2) is 7.48. The van der Waals surface area contributed by atoms with Crippen LogP contribution in [-0.2, 0) is 0 Å². The number of hydrogen-bond acceptors (Lipinski definition) is 1. The molecule has 0 aliphatic carbocycles. The minimum Gasteiger partial charge on any atom is -0.487 e. The van der Waals surface area contributed by atoms with E-state index >= 15 is 0 Å². The van der Waals surface area contributed by atoms with Gasteiger partial charge in [0.2, 0.25) is 0 Å². The maximum Gasteiger partial charge on any atom is 0.137 e. The highest BCUT2D eigenvalue weighted by Crippen LogP contribution is 2.30. The molecule has 0 saturated carbocycles. The van der Waals surface area contributed by atoms with E-state index in [1.165, 1.54) is 11.4 Å². The van der Waals surface area contributed by atoms with Gasteiger partial charge in [-0.1, -0.05) is 35.9 Å². The average Bonchev–Trinajstić information content (AvgIpc) is 2.45. The third-order valence-corrected chi connectivity index (χ3v) is 3.59. The van der Waals surface area contributed by atoms with Crippen molar-refractivity contribution in [3.8, 4) is 5.75 Å². The molecule has 20 heavy (non-hydrogen) atoms. The molecule has 0 fully saturated rings. The summed E-state index contributed by atoms with van der Waals surface area (Å²) in [7, 11) is 4.34. The highest BCUT2D eigenvalue weighted by atomic mass is 35.5. The van der Waals surface area contributed by atoms with Crippen LogP contribution in [0.3, 0.4) is 0 Å². The van der Waals surface area contributed by atoms with Crippen molar-refractivity contribution in [1.29, 1.82) is 0 Å². The molecule has 2 aromatic rings. The van der Waals surface area contributed by atoms with E-state index in [9.17, 15) is 0 Å². The number of quaternary nitrogens is 2. The number of rotatable bonds is 7. The van der Waals surface area contributed by atoms with Gasteiger partial charge < -0.3 is 15.0 Å². The Hall–Kier alpha value is -1.29. The van der Waals surface area contributed by atoms with Gasteiger partial charge in [-0.25, -0.2) is 0 Å². The molecule has 0 aliphatic heterocycles. The first-order valence-corrected chi connectivity index (χ1v) is 7.47. The SMILES string of the molecule is C[NH+](C)CC[NH2+]CCOc1ccc(Cl)c2ccccc12. The van der Waals surface area contributed by atoms with E-state index in [-0.39, 0.29) is 0 Å². The number of nitrogens with two attached hydrogens (primary N) is 1. The van der Waals surface area contributed by atoms with E-state index < -0.39 is 0 Å². The van der Waals surface area contributed by atoms with Crippen LogP contribution in [0.25, 0.3) is 10.8 Å². The van der Waals surface area contributed by atoms with Gasteiger partial charge in [0, 0.05) is 15.8 Å². The molecule has 0 aromatic heterocycles. The van der Waals surface area contributed by atoms with Gasteiger partial charge in [-0.2, -0.15) is 0 Å². The molecule has 0 radical (unpaired) electrons. The molecular weight excluding hydrogens is 272 g/mol. The first kappa shape index (κ1) is 15.1. The molecule has 0 atom stereocenters. The van der Waals surface area contributed by atoms with Crippen molar-refractivity contribution in [2.24, 2.45) is 0 Å². The Morgan fingerprint density at radius 3 is 2.55 bits per heavy atom. The monoisotopic (exact) mass is 294 g/mol. The summed E-state index contributed by atoms with van der Waals surface area (Å²) in [6, 6.07) is 11.9. The Morgan fingerprint density at radius 2 is 1.80 bits per heavy atom.